The summed E-state index contributed by atoms with van der Waals surface area (Å²) in [5.74, 6) is 0.700. The zero-order valence-electron chi connectivity index (χ0n) is 11.2. The minimum Gasteiger partial charge on any atom is -0.385 e. The minimum atomic E-state index is 0.0333. The van der Waals surface area contributed by atoms with E-state index in [1.165, 1.54) is 19.3 Å². The summed E-state index contributed by atoms with van der Waals surface area (Å²) in [7, 11) is 0. The summed E-state index contributed by atoms with van der Waals surface area (Å²) in [6.45, 7) is 4.96. The molecule has 0 radical (unpaired) electrons. The van der Waals surface area contributed by atoms with E-state index in [1.807, 2.05) is 31.2 Å². The molecule has 1 saturated carbocycles. The van der Waals surface area contributed by atoms with Crippen molar-refractivity contribution in [3.63, 3.8) is 0 Å². The van der Waals surface area contributed by atoms with Crippen LogP contribution in [0.4, 0.5) is 5.69 Å². The molecule has 0 aliphatic heterocycles. The number of carbonyl (C=O) groups is 1. The van der Waals surface area contributed by atoms with E-state index in [4.69, 9.17) is 0 Å². The number of nitrogens with one attached hydrogen (secondary N) is 2. The molecular formula is C15H22N2O. The molecule has 2 rings (SSSR count). The first-order valence-corrected chi connectivity index (χ1v) is 6.86. The van der Waals surface area contributed by atoms with Crippen LogP contribution in [-0.2, 0) is 0 Å². The second-order valence-corrected chi connectivity index (χ2v) is 5.03. The van der Waals surface area contributed by atoms with Gasteiger partial charge in [0.25, 0.3) is 5.91 Å². The van der Waals surface area contributed by atoms with Gasteiger partial charge in [-0.1, -0.05) is 18.6 Å². The zero-order valence-corrected chi connectivity index (χ0v) is 11.2. The second-order valence-electron chi connectivity index (χ2n) is 5.03. The number of amides is 1. The Bertz CT molecular complexity index is 413. The van der Waals surface area contributed by atoms with E-state index in [-0.39, 0.29) is 11.9 Å². The Labute approximate surface area is 109 Å². The molecule has 1 atom stereocenters. The Hall–Kier alpha value is -1.51. The molecule has 3 nitrogen and oxygen atoms in total. The fraction of sp³-hybridized carbons (Fsp3) is 0.533. The van der Waals surface area contributed by atoms with E-state index < -0.39 is 0 Å². The average molecular weight is 246 g/mol. The van der Waals surface area contributed by atoms with Crippen molar-refractivity contribution in [2.75, 3.05) is 11.9 Å². The van der Waals surface area contributed by atoms with E-state index >= 15 is 0 Å². The van der Waals surface area contributed by atoms with Crippen molar-refractivity contribution in [3.05, 3.63) is 29.8 Å². The second kappa shape index (κ2) is 5.89. The molecule has 0 heterocycles. The number of benzene rings is 1. The van der Waals surface area contributed by atoms with Crippen molar-refractivity contribution in [3.8, 4) is 0 Å². The smallest absolute Gasteiger partial charge is 0.253 e. The van der Waals surface area contributed by atoms with Gasteiger partial charge in [0.1, 0.15) is 0 Å². The van der Waals surface area contributed by atoms with Gasteiger partial charge < -0.3 is 10.6 Å². The highest BCUT2D eigenvalue weighted by Crippen LogP contribution is 2.29. The van der Waals surface area contributed by atoms with Crippen LogP contribution in [0.5, 0.6) is 0 Å². The van der Waals surface area contributed by atoms with Crippen LogP contribution in [0, 0.1) is 5.92 Å². The maximum Gasteiger partial charge on any atom is 0.253 e. The number of carbonyl (C=O) groups excluding carboxylic acids is 1. The fourth-order valence-corrected chi connectivity index (χ4v) is 2.37. The third-order valence-electron chi connectivity index (χ3n) is 3.75. The van der Waals surface area contributed by atoms with Gasteiger partial charge in [-0.25, -0.2) is 0 Å². The molecule has 0 spiro atoms. The molecule has 1 unspecified atom stereocenters. The molecule has 0 saturated heterocycles. The Morgan fingerprint density at radius 2 is 2.11 bits per heavy atom. The number of hydrogen-bond acceptors (Lipinski definition) is 2. The molecule has 98 valence electrons. The van der Waals surface area contributed by atoms with Crippen molar-refractivity contribution >= 4 is 11.6 Å². The number of hydrogen-bond donors (Lipinski definition) is 2. The van der Waals surface area contributed by atoms with Crippen LogP contribution in [-0.4, -0.2) is 18.5 Å². The minimum absolute atomic E-state index is 0.0333. The van der Waals surface area contributed by atoms with E-state index in [2.05, 4.69) is 17.6 Å². The first-order valence-electron chi connectivity index (χ1n) is 6.86. The standard InChI is InChI=1S/C15H22N2O/c1-3-16-14-10-5-4-9-13(14)15(18)17-11(2)12-7-6-8-12/h4-5,9-12,16H,3,6-8H2,1-2H3,(H,17,18). The highest BCUT2D eigenvalue weighted by molar-refractivity contribution is 5.99. The van der Waals surface area contributed by atoms with Gasteiger partial charge >= 0.3 is 0 Å². The highest BCUT2D eigenvalue weighted by atomic mass is 16.1. The molecular weight excluding hydrogens is 224 g/mol. The van der Waals surface area contributed by atoms with Crippen LogP contribution in [0.15, 0.2) is 24.3 Å². The van der Waals surface area contributed by atoms with Gasteiger partial charge in [0.05, 0.1) is 5.56 Å². The molecule has 0 bridgehead atoms. The molecule has 1 aliphatic rings. The van der Waals surface area contributed by atoms with Crippen LogP contribution in [0.3, 0.4) is 0 Å². The molecule has 1 aromatic carbocycles. The van der Waals surface area contributed by atoms with Gasteiger partial charge in [-0.2, -0.15) is 0 Å². The van der Waals surface area contributed by atoms with Crippen molar-refractivity contribution in [2.24, 2.45) is 5.92 Å². The molecule has 1 aromatic rings. The van der Waals surface area contributed by atoms with Crippen LogP contribution in [0.1, 0.15) is 43.5 Å². The van der Waals surface area contributed by atoms with Gasteiger partial charge in [-0.3, -0.25) is 4.79 Å². The lowest BCUT2D eigenvalue weighted by atomic mass is 9.80. The molecule has 1 amide bonds. The normalized spacial score (nSPS) is 16.8. The first-order chi connectivity index (χ1) is 8.72. The molecule has 0 aromatic heterocycles. The fourth-order valence-electron chi connectivity index (χ4n) is 2.37. The maximum absolute atomic E-state index is 12.2. The summed E-state index contributed by atoms with van der Waals surface area (Å²) in [5.41, 5.74) is 1.66. The summed E-state index contributed by atoms with van der Waals surface area (Å²) >= 11 is 0. The van der Waals surface area contributed by atoms with Gasteiger partial charge in [-0.05, 0) is 44.7 Å². The number of para-hydroxylation sites is 1. The summed E-state index contributed by atoms with van der Waals surface area (Å²) in [6, 6.07) is 7.96. The molecule has 3 heteroatoms. The lowest BCUT2D eigenvalue weighted by Gasteiger charge is -2.32. The summed E-state index contributed by atoms with van der Waals surface area (Å²) in [5, 5.41) is 6.34. The van der Waals surface area contributed by atoms with Crippen LogP contribution in [0.25, 0.3) is 0 Å². The highest BCUT2D eigenvalue weighted by Gasteiger charge is 2.25. The first kappa shape index (κ1) is 12.9. The van der Waals surface area contributed by atoms with Crippen molar-refractivity contribution in [1.82, 2.24) is 5.32 Å². The third kappa shape index (κ3) is 2.84. The lowest BCUT2D eigenvalue weighted by Crippen LogP contribution is -2.40. The third-order valence-corrected chi connectivity index (χ3v) is 3.75. The quantitative estimate of drug-likeness (QED) is 0.838. The SMILES string of the molecule is CCNc1ccccc1C(=O)NC(C)C1CCC1. The van der Waals surface area contributed by atoms with Gasteiger partial charge in [0.15, 0.2) is 0 Å². The largest absolute Gasteiger partial charge is 0.385 e. The lowest BCUT2D eigenvalue weighted by molar-refractivity contribution is 0.0910. The predicted molar refractivity (Wildman–Crippen MR) is 74.9 cm³/mol. The Balaban J connectivity index is 2.03. The molecule has 1 aliphatic carbocycles. The molecule has 2 N–H and O–H groups in total. The summed E-state index contributed by atoms with van der Waals surface area (Å²) < 4.78 is 0. The Kier molecular flexibility index (Phi) is 4.24. The van der Waals surface area contributed by atoms with E-state index in [0.717, 1.165) is 17.8 Å². The Morgan fingerprint density at radius 1 is 1.39 bits per heavy atom. The summed E-state index contributed by atoms with van der Waals surface area (Å²) in [4.78, 5) is 12.2. The molecule has 18 heavy (non-hydrogen) atoms. The van der Waals surface area contributed by atoms with Crippen LogP contribution >= 0.6 is 0 Å². The van der Waals surface area contributed by atoms with Crippen LogP contribution in [0.2, 0.25) is 0 Å². The van der Waals surface area contributed by atoms with Crippen molar-refractivity contribution < 1.29 is 4.79 Å². The van der Waals surface area contributed by atoms with Gasteiger partial charge in [-0.15, -0.1) is 0 Å². The van der Waals surface area contributed by atoms with Crippen LogP contribution < -0.4 is 10.6 Å². The number of rotatable bonds is 5. The summed E-state index contributed by atoms with van der Waals surface area (Å²) in [6.07, 6.45) is 3.80. The topological polar surface area (TPSA) is 41.1 Å². The van der Waals surface area contributed by atoms with E-state index in [1.54, 1.807) is 0 Å². The van der Waals surface area contributed by atoms with Gasteiger partial charge in [0, 0.05) is 18.3 Å². The molecule has 1 fully saturated rings. The van der Waals surface area contributed by atoms with Crippen molar-refractivity contribution in [1.29, 1.82) is 0 Å². The maximum atomic E-state index is 12.2. The van der Waals surface area contributed by atoms with Gasteiger partial charge in [0.2, 0.25) is 0 Å². The average Bonchev–Trinajstić information content (AvgIpc) is 2.27. The zero-order chi connectivity index (χ0) is 13.0. The van der Waals surface area contributed by atoms with E-state index in [0.29, 0.717) is 5.92 Å². The number of anilines is 1. The van der Waals surface area contributed by atoms with E-state index in [9.17, 15) is 4.79 Å². The Morgan fingerprint density at radius 3 is 2.72 bits per heavy atom. The monoisotopic (exact) mass is 246 g/mol. The predicted octanol–water partition coefficient (Wildman–Crippen LogP) is 3.04. The van der Waals surface area contributed by atoms with Crippen molar-refractivity contribution in [2.45, 2.75) is 39.2 Å².